The summed E-state index contributed by atoms with van der Waals surface area (Å²) in [6.07, 6.45) is 24.1. The van der Waals surface area contributed by atoms with Crippen molar-refractivity contribution in [1.82, 2.24) is 0 Å². The maximum absolute atomic E-state index is 3.33. The van der Waals surface area contributed by atoms with Gasteiger partial charge in [-0.25, -0.2) is 24.3 Å². The zero-order valence-electron chi connectivity index (χ0n) is 13.5. The predicted octanol–water partition coefficient (Wildman–Crippen LogP) is -0.551. The number of hydrogen-bond donors (Lipinski definition) is 0. The molecule has 0 atom stereocenters. The summed E-state index contributed by atoms with van der Waals surface area (Å²) in [6, 6.07) is 0. The predicted molar refractivity (Wildman–Crippen MR) is 79.9 cm³/mol. The van der Waals surface area contributed by atoms with Crippen molar-refractivity contribution in [3.63, 3.8) is 0 Å². The normalized spacial score (nSPS) is 18.1. The summed E-state index contributed by atoms with van der Waals surface area (Å²) >= 11 is 0. The molecule has 0 aromatic carbocycles. The van der Waals surface area contributed by atoms with E-state index >= 15 is 0 Å². The first-order valence-electron chi connectivity index (χ1n) is 7.23. The van der Waals surface area contributed by atoms with Gasteiger partial charge >= 0.3 is 26.2 Å². The minimum Gasteiger partial charge on any atom is -1.00 e. The summed E-state index contributed by atoms with van der Waals surface area (Å²) in [6.45, 7) is 8.83. The summed E-state index contributed by atoms with van der Waals surface area (Å²) in [5.41, 5.74) is 0.583. The third-order valence-corrected chi connectivity index (χ3v) is 4.29. The van der Waals surface area contributed by atoms with Gasteiger partial charge in [-0.2, -0.15) is 12.2 Å². The zero-order chi connectivity index (χ0) is 13.5. The van der Waals surface area contributed by atoms with E-state index in [0.29, 0.717) is 10.8 Å². The molecule has 0 saturated heterocycles. The first-order chi connectivity index (χ1) is 8.66. The summed E-state index contributed by atoms with van der Waals surface area (Å²) in [7, 11) is 0. The van der Waals surface area contributed by atoms with Crippen molar-refractivity contribution < 1.29 is 51.0 Å². The maximum Gasteiger partial charge on any atom is 4.00 e. The standard InChI is InChI=1S/2C9H13.2ClH.Zr/c2*1-3-9(4-2)7-5-6-8-9;;;/h2*5-7H,3-4H2,1-2H3;2*1H;/q2*-1;;;+4/p-2. The van der Waals surface area contributed by atoms with Crippen LogP contribution in [0.15, 0.2) is 36.5 Å². The Kier molecular flexibility index (Phi) is 16.2. The molecule has 2 aliphatic carbocycles. The van der Waals surface area contributed by atoms with E-state index < -0.39 is 0 Å². The van der Waals surface area contributed by atoms with Crippen molar-refractivity contribution in [2.75, 3.05) is 0 Å². The summed E-state index contributed by atoms with van der Waals surface area (Å²) in [5.74, 6) is 0. The third-order valence-electron chi connectivity index (χ3n) is 4.29. The van der Waals surface area contributed by atoms with E-state index in [4.69, 9.17) is 0 Å². The average molecular weight is 405 g/mol. The molecule has 2 rings (SSSR count). The van der Waals surface area contributed by atoms with Crippen LogP contribution < -0.4 is 24.8 Å². The molecule has 0 spiro atoms. The van der Waals surface area contributed by atoms with Crippen LogP contribution in [0.4, 0.5) is 0 Å². The van der Waals surface area contributed by atoms with Crippen LogP contribution in [0.2, 0.25) is 0 Å². The van der Waals surface area contributed by atoms with Crippen LogP contribution in [-0.2, 0) is 26.2 Å². The van der Waals surface area contributed by atoms with Gasteiger partial charge in [-0.05, 0) is 0 Å². The number of rotatable bonds is 4. The molecule has 0 aromatic heterocycles. The van der Waals surface area contributed by atoms with Gasteiger partial charge in [-0.15, -0.1) is 0 Å². The first-order valence-corrected chi connectivity index (χ1v) is 7.23. The molecule has 0 fully saturated rings. The third kappa shape index (κ3) is 7.49. The minimum atomic E-state index is 0. The van der Waals surface area contributed by atoms with Crippen molar-refractivity contribution in [2.45, 2.75) is 53.4 Å². The van der Waals surface area contributed by atoms with E-state index in [1.54, 1.807) is 0 Å². The molecular formula is C18H26Cl2Zr. The topological polar surface area (TPSA) is 0 Å². The van der Waals surface area contributed by atoms with Gasteiger partial charge in [-0.1, -0.05) is 64.2 Å². The second kappa shape index (κ2) is 12.9. The fraction of sp³-hybridized carbons (Fsp3) is 0.556. The van der Waals surface area contributed by atoms with Crippen molar-refractivity contribution in [1.29, 1.82) is 0 Å². The summed E-state index contributed by atoms with van der Waals surface area (Å²) in [4.78, 5) is 0. The Morgan fingerprint density at radius 1 is 0.667 bits per heavy atom. The molecule has 21 heavy (non-hydrogen) atoms. The average Bonchev–Trinajstić information content (AvgIpc) is 3.10. The van der Waals surface area contributed by atoms with Crippen molar-refractivity contribution in [3.8, 4) is 0 Å². The Labute approximate surface area is 163 Å². The van der Waals surface area contributed by atoms with Crippen LogP contribution in [0.3, 0.4) is 0 Å². The monoisotopic (exact) mass is 402 g/mol. The first kappa shape index (κ1) is 26.3. The number of halogens is 2. The van der Waals surface area contributed by atoms with E-state index in [2.05, 4.69) is 64.2 Å². The molecule has 0 unspecified atom stereocenters. The SMILES string of the molecule is CCC1(CC)[C-]=CC=C1.CCC1(CC)[C-]=CC=C1.[Cl-].[Cl-].[Zr+4]. The van der Waals surface area contributed by atoms with E-state index in [9.17, 15) is 0 Å². The Morgan fingerprint density at radius 2 is 0.952 bits per heavy atom. The van der Waals surface area contributed by atoms with Crippen LogP contribution in [-0.4, -0.2) is 0 Å². The van der Waals surface area contributed by atoms with Crippen molar-refractivity contribution >= 4 is 0 Å². The Morgan fingerprint density at radius 3 is 1.05 bits per heavy atom. The molecule has 0 heterocycles. The fourth-order valence-electron chi connectivity index (χ4n) is 2.37. The maximum atomic E-state index is 3.33. The van der Waals surface area contributed by atoms with Crippen LogP contribution in [0, 0.1) is 23.0 Å². The van der Waals surface area contributed by atoms with E-state index in [-0.39, 0.29) is 51.0 Å². The molecule has 0 nitrogen and oxygen atoms in total. The van der Waals surface area contributed by atoms with Gasteiger partial charge in [0.05, 0.1) is 0 Å². The van der Waals surface area contributed by atoms with Crippen LogP contribution in [0.25, 0.3) is 0 Å². The van der Waals surface area contributed by atoms with Crippen molar-refractivity contribution in [3.05, 3.63) is 48.6 Å². The van der Waals surface area contributed by atoms with Gasteiger partial charge in [-0.3, -0.25) is 12.2 Å². The van der Waals surface area contributed by atoms with E-state index in [1.165, 1.54) is 25.7 Å². The number of allylic oxidation sites excluding steroid dienone is 8. The Balaban J connectivity index is -0.000000270. The van der Waals surface area contributed by atoms with Gasteiger partial charge in [0.1, 0.15) is 0 Å². The minimum absolute atomic E-state index is 0. The molecule has 0 saturated carbocycles. The van der Waals surface area contributed by atoms with Crippen LogP contribution >= 0.6 is 0 Å². The van der Waals surface area contributed by atoms with E-state index in [1.807, 2.05) is 12.2 Å². The van der Waals surface area contributed by atoms with E-state index in [0.717, 1.165) is 0 Å². The van der Waals surface area contributed by atoms with Gasteiger partial charge in [0.2, 0.25) is 0 Å². The van der Waals surface area contributed by atoms with Gasteiger partial charge in [0.25, 0.3) is 0 Å². The molecular weight excluding hydrogens is 378 g/mol. The summed E-state index contributed by atoms with van der Waals surface area (Å²) < 4.78 is 0. The van der Waals surface area contributed by atoms with Gasteiger partial charge < -0.3 is 24.8 Å². The molecule has 0 radical (unpaired) electrons. The zero-order valence-corrected chi connectivity index (χ0v) is 17.5. The molecule has 116 valence electrons. The van der Waals surface area contributed by atoms with Gasteiger partial charge in [0.15, 0.2) is 0 Å². The molecule has 0 aromatic rings. The number of hydrogen-bond acceptors (Lipinski definition) is 0. The smallest absolute Gasteiger partial charge is 1.00 e. The molecule has 3 heteroatoms. The molecule has 0 amide bonds. The second-order valence-corrected chi connectivity index (χ2v) is 5.07. The molecule has 0 N–H and O–H groups in total. The van der Waals surface area contributed by atoms with Gasteiger partial charge in [0, 0.05) is 0 Å². The van der Waals surface area contributed by atoms with Crippen molar-refractivity contribution in [2.24, 2.45) is 10.8 Å². The van der Waals surface area contributed by atoms with Crippen LogP contribution in [0.1, 0.15) is 53.4 Å². The molecule has 2 aliphatic rings. The quantitative estimate of drug-likeness (QED) is 0.552. The fourth-order valence-corrected chi connectivity index (χ4v) is 2.37. The Bertz CT molecular complexity index is 295. The molecule has 0 aliphatic heterocycles. The Hall–Kier alpha value is 0.423. The summed E-state index contributed by atoms with van der Waals surface area (Å²) in [5, 5.41) is 0. The largest absolute Gasteiger partial charge is 4.00 e. The second-order valence-electron chi connectivity index (χ2n) is 5.07. The van der Waals surface area contributed by atoms with Crippen LogP contribution in [0.5, 0.6) is 0 Å². The molecule has 0 bridgehead atoms.